The maximum atomic E-state index is 11.4. The molecular weight excluding hydrogens is 282 g/mol. The molecule has 0 N–H and O–H groups in total. The second-order valence-corrected chi connectivity index (χ2v) is 4.40. The summed E-state index contributed by atoms with van der Waals surface area (Å²) in [5.74, 6) is -0.449. The van der Waals surface area contributed by atoms with Crippen LogP contribution in [0.5, 0.6) is 6.01 Å². The molecule has 0 aliphatic rings. The first-order valence-electron chi connectivity index (χ1n) is 6.11. The molecule has 2 rings (SSSR count). The van der Waals surface area contributed by atoms with E-state index in [0.717, 1.165) is 5.69 Å². The minimum absolute atomic E-state index is 0.112. The van der Waals surface area contributed by atoms with Crippen LogP contribution in [0.3, 0.4) is 0 Å². The normalized spacial score (nSPS) is 11.9. The average molecular weight is 296 g/mol. The van der Waals surface area contributed by atoms with Gasteiger partial charge in [0.05, 0.1) is 12.3 Å². The van der Waals surface area contributed by atoms with Gasteiger partial charge in [-0.15, -0.1) is 5.10 Å². The van der Waals surface area contributed by atoms with Crippen LogP contribution in [-0.2, 0) is 9.53 Å². The molecule has 0 bridgehead atoms. The van der Waals surface area contributed by atoms with Crippen LogP contribution in [0.15, 0.2) is 30.6 Å². The minimum atomic E-state index is -0.754. The highest BCUT2D eigenvalue weighted by Gasteiger charge is 2.17. The van der Waals surface area contributed by atoms with Gasteiger partial charge in [0.25, 0.3) is 0 Å². The van der Waals surface area contributed by atoms with Gasteiger partial charge in [-0.1, -0.05) is 11.6 Å². The lowest BCUT2D eigenvalue weighted by Crippen LogP contribution is -2.26. The number of ether oxygens (including phenoxy) is 2. The van der Waals surface area contributed by atoms with Crippen LogP contribution >= 0.6 is 11.6 Å². The summed E-state index contributed by atoms with van der Waals surface area (Å²) in [4.78, 5) is 15.4. The fourth-order valence-electron chi connectivity index (χ4n) is 1.49. The third-order valence-electron chi connectivity index (χ3n) is 2.46. The molecule has 1 unspecified atom stereocenters. The van der Waals surface area contributed by atoms with Gasteiger partial charge in [0, 0.05) is 5.02 Å². The number of hydrogen-bond donors (Lipinski definition) is 0. The van der Waals surface area contributed by atoms with Crippen LogP contribution in [0.1, 0.15) is 13.8 Å². The highest BCUT2D eigenvalue weighted by molar-refractivity contribution is 6.30. The lowest BCUT2D eigenvalue weighted by molar-refractivity contribution is -0.150. The fourth-order valence-corrected chi connectivity index (χ4v) is 1.61. The van der Waals surface area contributed by atoms with E-state index in [0.29, 0.717) is 11.6 Å². The van der Waals surface area contributed by atoms with E-state index in [4.69, 9.17) is 21.1 Å². The average Bonchev–Trinajstić information content (AvgIpc) is 2.88. The summed E-state index contributed by atoms with van der Waals surface area (Å²) in [6.07, 6.45) is 0.743. The maximum Gasteiger partial charge on any atom is 0.347 e. The number of aromatic nitrogens is 3. The van der Waals surface area contributed by atoms with Crippen molar-refractivity contribution in [1.29, 1.82) is 0 Å². The Kier molecular flexibility index (Phi) is 4.57. The Bertz CT molecular complexity index is 583. The van der Waals surface area contributed by atoms with E-state index in [1.165, 1.54) is 11.0 Å². The topological polar surface area (TPSA) is 66.2 Å². The minimum Gasteiger partial charge on any atom is -0.463 e. The number of benzene rings is 1. The lowest BCUT2D eigenvalue weighted by atomic mass is 10.3. The predicted octanol–water partition coefficient (Wildman–Crippen LogP) is 2.25. The molecule has 0 spiro atoms. The van der Waals surface area contributed by atoms with Gasteiger partial charge in [0.15, 0.2) is 6.10 Å². The predicted molar refractivity (Wildman–Crippen MR) is 73.1 cm³/mol. The van der Waals surface area contributed by atoms with Crippen molar-refractivity contribution in [2.45, 2.75) is 20.0 Å². The SMILES string of the molecule is CCOC(=O)C(C)Oc1ncn(-c2ccc(Cl)cc2)n1. The Morgan fingerprint density at radius 1 is 1.40 bits per heavy atom. The number of esters is 1. The van der Waals surface area contributed by atoms with Gasteiger partial charge < -0.3 is 9.47 Å². The van der Waals surface area contributed by atoms with Crippen LogP contribution in [0.2, 0.25) is 5.02 Å². The van der Waals surface area contributed by atoms with Crippen molar-refractivity contribution in [3.8, 4) is 11.7 Å². The quantitative estimate of drug-likeness (QED) is 0.792. The number of rotatable bonds is 5. The summed E-state index contributed by atoms with van der Waals surface area (Å²) >= 11 is 5.82. The maximum absolute atomic E-state index is 11.4. The van der Waals surface area contributed by atoms with E-state index in [-0.39, 0.29) is 6.01 Å². The van der Waals surface area contributed by atoms with Gasteiger partial charge in [-0.3, -0.25) is 0 Å². The zero-order valence-electron chi connectivity index (χ0n) is 11.1. The number of carbonyl (C=O) groups is 1. The smallest absolute Gasteiger partial charge is 0.347 e. The summed E-state index contributed by atoms with van der Waals surface area (Å²) in [5, 5.41) is 4.77. The van der Waals surface area contributed by atoms with Gasteiger partial charge >= 0.3 is 12.0 Å². The summed E-state index contributed by atoms with van der Waals surface area (Å²) in [7, 11) is 0. The lowest BCUT2D eigenvalue weighted by Gasteiger charge is -2.09. The molecule has 0 saturated carbocycles. The third-order valence-corrected chi connectivity index (χ3v) is 2.71. The van der Waals surface area contributed by atoms with Crippen LogP contribution in [0.25, 0.3) is 5.69 Å². The number of hydrogen-bond acceptors (Lipinski definition) is 5. The van der Waals surface area contributed by atoms with Crippen molar-refractivity contribution in [2.75, 3.05) is 6.61 Å². The van der Waals surface area contributed by atoms with Crippen molar-refractivity contribution in [3.63, 3.8) is 0 Å². The molecule has 0 fully saturated rings. The molecule has 0 amide bonds. The second-order valence-electron chi connectivity index (χ2n) is 3.96. The van der Waals surface area contributed by atoms with Gasteiger partial charge in [-0.25, -0.2) is 9.48 Å². The van der Waals surface area contributed by atoms with E-state index in [2.05, 4.69) is 10.1 Å². The molecule has 0 saturated heterocycles. The Labute approximate surface area is 121 Å². The van der Waals surface area contributed by atoms with Crippen molar-refractivity contribution >= 4 is 17.6 Å². The fraction of sp³-hybridized carbons (Fsp3) is 0.308. The molecule has 1 aromatic carbocycles. The largest absolute Gasteiger partial charge is 0.463 e. The Morgan fingerprint density at radius 3 is 2.75 bits per heavy atom. The molecular formula is C13H14ClN3O3. The molecule has 0 aliphatic heterocycles. The van der Waals surface area contributed by atoms with Gasteiger partial charge in [0.2, 0.25) is 0 Å². The summed E-state index contributed by atoms with van der Waals surface area (Å²) < 4.78 is 11.7. The number of nitrogens with zero attached hydrogens (tertiary/aromatic N) is 3. The van der Waals surface area contributed by atoms with Crippen molar-refractivity contribution in [2.24, 2.45) is 0 Å². The van der Waals surface area contributed by atoms with Gasteiger partial charge in [0.1, 0.15) is 6.33 Å². The van der Waals surface area contributed by atoms with E-state index in [1.807, 2.05) is 0 Å². The summed E-state index contributed by atoms with van der Waals surface area (Å²) in [6, 6.07) is 7.21. The first-order chi connectivity index (χ1) is 9.60. The van der Waals surface area contributed by atoms with Crippen molar-refractivity contribution in [3.05, 3.63) is 35.6 Å². The highest BCUT2D eigenvalue weighted by atomic mass is 35.5. The second kappa shape index (κ2) is 6.38. The molecule has 1 heterocycles. The van der Waals surface area contributed by atoms with E-state index in [1.54, 1.807) is 38.1 Å². The Morgan fingerprint density at radius 2 is 2.10 bits per heavy atom. The molecule has 20 heavy (non-hydrogen) atoms. The van der Waals surface area contributed by atoms with Crippen LogP contribution in [0.4, 0.5) is 0 Å². The monoisotopic (exact) mass is 295 g/mol. The molecule has 6 nitrogen and oxygen atoms in total. The van der Waals surface area contributed by atoms with Crippen molar-refractivity contribution in [1.82, 2.24) is 14.8 Å². The Balaban J connectivity index is 2.05. The zero-order chi connectivity index (χ0) is 14.5. The summed E-state index contributed by atoms with van der Waals surface area (Å²) in [6.45, 7) is 3.62. The van der Waals surface area contributed by atoms with E-state index >= 15 is 0 Å². The van der Waals surface area contributed by atoms with Gasteiger partial charge in [-0.2, -0.15) is 4.98 Å². The zero-order valence-corrected chi connectivity index (χ0v) is 11.9. The molecule has 0 aliphatic carbocycles. The van der Waals surface area contributed by atoms with Crippen LogP contribution in [0, 0.1) is 0 Å². The van der Waals surface area contributed by atoms with Crippen molar-refractivity contribution < 1.29 is 14.3 Å². The highest BCUT2D eigenvalue weighted by Crippen LogP contribution is 2.14. The molecule has 106 valence electrons. The molecule has 7 heteroatoms. The molecule has 0 radical (unpaired) electrons. The standard InChI is InChI=1S/C13H14ClN3O3/c1-3-19-12(18)9(2)20-13-15-8-17(16-13)11-6-4-10(14)5-7-11/h4-9H,3H2,1-2H3. The third kappa shape index (κ3) is 3.48. The van der Waals surface area contributed by atoms with Crippen LogP contribution < -0.4 is 4.74 Å². The molecule has 1 aromatic heterocycles. The summed E-state index contributed by atoms with van der Waals surface area (Å²) in [5.41, 5.74) is 0.792. The van der Waals surface area contributed by atoms with Gasteiger partial charge in [-0.05, 0) is 38.1 Å². The number of halogens is 1. The first-order valence-corrected chi connectivity index (χ1v) is 6.49. The van der Waals surface area contributed by atoms with E-state index in [9.17, 15) is 4.79 Å². The Hall–Kier alpha value is -2.08. The number of carbonyl (C=O) groups excluding carboxylic acids is 1. The first kappa shape index (κ1) is 14.3. The van der Waals surface area contributed by atoms with Crippen LogP contribution in [-0.4, -0.2) is 33.4 Å². The molecule has 1 atom stereocenters. The molecule has 2 aromatic rings. The van der Waals surface area contributed by atoms with E-state index < -0.39 is 12.1 Å².